The standard InChI is InChI=1S/C17H15Cl2NS/c1-2-20-17(16-13(18)7-5-8-14(16)19)12-10-21-15-9-4-3-6-11(12)15/h3-10,17,20H,2H2,1H3. The fraction of sp³-hybridized carbons (Fsp3) is 0.176. The number of rotatable bonds is 4. The summed E-state index contributed by atoms with van der Waals surface area (Å²) < 4.78 is 1.28. The minimum Gasteiger partial charge on any atom is -0.306 e. The van der Waals surface area contributed by atoms with Gasteiger partial charge in [-0.05, 0) is 41.1 Å². The van der Waals surface area contributed by atoms with E-state index in [4.69, 9.17) is 23.2 Å². The summed E-state index contributed by atoms with van der Waals surface area (Å²) in [6.07, 6.45) is 0. The van der Waals surface area contributed by atoms with Gasteiger partial charge in [-0.1, -0.05) is 54.4 Å². The zero-order valence-electron chi connectivity index (χ0n) is 11.6. The van der Waals surface area contributed by atoms with Gasteiger partial charge in [0.2, 0.25) is 0 Å². The Morgan fingerprint density at radius 1 is 1.05 bits per heavy atom. The molecular formula is C17H15Cl2NS. The maximum Gasteiger partial charge on any atom is 0.0620 e. The predicted molar refractivity (Wildman–Crippen MR) is 93.8 cm³/mol. The molecule has 3 aromatic rings. The fourth-order valence-corrected chi connectivity index (χ4v) is 4.18. The van der Waals surface area contributed by atoms with Crippen molar-refractivity contribution in [2.24, 2.45) is 0 Å². The van der Waals surface area contributed by atoms with Crippen molar-refractivity contribution in [1.82, 2.24) is 5.32 Å². The molecule has 1 N–H and O–H groups in total. The quantitative estimate of drug-likeness (QED) is 0.625. The maximum atomic E-state index is 6.41. The van der Waals surface area contributed by atoms with Crippen LogP contribution in [-0.4, -0.2) is 6.54 Å². The highest BCUT2D eigenvalue weighted by atomic mass is 35.5. The molecule has 1 unspecified atom stereocenters. The van der Waals surface area contributed by atoms with Crippen LogP contribution in [-0.2, 0) is 0 Å². The van der Waals surface area contributed by atoms with Gasteiger partial charge in [-0.2, -0.15) is 0 Å². The molecule has 2 aromatic carbocycles. The lowest BCUT2D eigenvalue weighted by atomic mass is 9.98. The normalized spacial score (nSPS) is 12.7. The molecule has 1 heterocycles. The van der Waals surface area contributed by atoms with E-state index >= 15 is 0 Å². The lowest BCUT2D eigenvalue weighted by Gasteiger charge is -2.21. The molecule has 21 heavy (non-hydrogen) atoms. The van der Waals surface area contributed by atoms with Crippen molar-refractivity contribution in [2.75, 3.05) is 6.54 Å². The Morgan fingerprint density at radius 3 is 2.48 bits per heavy atom. The SMILES string of the molecule is CCNC(c1c(Cl)cccc1Cl)c1csc2ccccc12. The zero-order valence-corrected chi connectivity index (χ0v) is 13.9. The molecule has 1 atom stereocenters. The van der Waals surface area contributed by atoms with Gasteiger partial charge >= 0.3 is 0 Å². The number of nitrogens with one attached hydrogen (secondary N) is 1. The van der Waals surface area contributed by atoms with Crippen LogP contribution in [0.2, 0.25) is 10.0 Å². The minimum atomic E-state index is 0.00681. The number of thiophene rings is 1. The molecule has 0 spiro atoms. The number of hydrogen-bond donors (Lipinski definition) is 1. The van der Waals surface area contributed by atoms with Crippen LogP contribution in [0, 0.1) is 0 Å². The summed E-state index contributed by atoms with van der Waals surface area (Å²) in [6.45, 7) is 2.93. The lowest BCUT2D eigenvalue weighted by Crippen LogP contribution is -2.22. The van der Waals surface area contributed by atoms with Crippen LogP contribution in [0.3, 0.4) is 0 Å². The molecule has 0 saturated carbocycles. The molecule has 0 aliphatic heterocycles. The van der Waals surface area contributed by atoms with Crippen LogP contribution < -0.4 is 5.32 Å². The molecule has 1 aromatic heterocycles. The Bertz CT molecular complexity index is 746. The topological polar surface area (TPSA) is 12.0 Å². The maximum absolute atomic E-state index is 6.41. The Labute approximate surface area is 138 Å². The fourth-order valence-electron chi connectivity index (χ4n) is 2.58. The molecule has 0 saturated heterocycles. The van der Waals surface area contributed by atoms with Gasteiger partial charge < -0.3 is 5.32 Å². The zero-order chi connectivity index (χ0) is 14.8. The van der Waals surface area contributed by atoms with Gasteiger partial charge in [-0.25, -0.2) is 0 Å². The first-order valence-electron chi connectivity index (χ1n) is 6.85. The van der Waals surface area contributed by atoms with Crippen molar-refractivity contribution < 1.29 is 0 Å². The average Bonchev–Trinajstić information content (AvgIpc) is 2.90. The largest absolute Gasteiger partial charge is 0.306 e. The third-order valence-electron chi connectivity index (χ3n) is 3.52. The second-order valence-corrected chi connectivity index (χ2v) is 6.54. The van der Waals surface area contributed by atoms with E-state index in [1.807, 2.05) is 18.2 Å². The molecule has 0 aliphatic carbocycles. The van der Waals surface area contributed by atoms with E-state index < -0.39 is 0 Å². The Kier molecular flexibility index (Phi) is 4.51. The number of hydrogen-bond acceptors (Lipinski definition) is 2. The van der Waals surface area contributed by atoms with Gasteiger partial charge in [-0.3, -0.25) is 0 Å². The predicted octanol–water partition coefficient (Wildman–Crippen LogP) is 5.91. The van der Waals surface area contributed by atoms with E-state index in [9.17, 15) is 0 Å². The summed E-state index contributed by atoms with van der Waals surface area (Å²) in [7, 11) is 0. The molecular weight excluding hydrogens is 321 g/mol. The van der Waals surface area contributed by atoms with E-state index in [0.717, 1.165) is 12.1 Å². The highest BCUT2D eigenvalue weighted by molar-refractivity contribution is 7.17. The van der Waals surface area contributed by atoms with Gasteiger partial charge in [0.05, 0.1) is 6.04 Å². The van der Waals surface area contributed by atoms with Crippen LogP contribution in [0.1, 0.15) is 24.1 Å². The molecule has 3 rings (SSSR count). The number of halogens is 2. The molecule has 108 valence electrons. The summed E-state index contributed by atoms with van der Waals surface area (Å²) in [5, 5.41) is 8.35. The summed E-state index contributed by atoms with van der Waals surface area (Å²) in [5.74, 6) is 0. The molecule has 0 fully saturated rings. The molecule has 0 bridgehead atoms. The van der Waals surface area contributed by atoms with E-state index in [2.05, 4.69) is 41.9 Å². The average molecular weight is 336 g/mol. The minimum absolute atomic E-state index is 0.00681. The monoisotopic (exact) mass is 335 g/mol. The van der Waals surface area contributed by atoms with Crippen LogP contribution >= 0.6 is 34.5 Å². The van der Waals surface area contributed by atoms with Crippen molar-refractivity contribution in [3.8, 4) is 0 Å². The summed E-state index contributed by atoms with van der Waals surface area (Å²) in [6, 6.07) is 14.1. The van der Waals surface area contributed by atoms with Crippen molar-refractivity contribution in [2.45, 2.75) is 13.0 Å². The molecule has 0 amide bonds. The van der Waals surface area contributed by atoms with E-state index in [1.54, 1.807) is 11.3 Å². The summed E-state index contributed by atoms with van der Waals surface area (Å²) in [4.78, 5) is 0. The van der Waals surface area contributed by atoms with Crippen molar-refractivity contribution in [3.05, 3.63) is 69.0 Å². The Balaban J connectivity index is 2.18. The molecule has 4 heteroatoms. The van der Waals surface area contributed by atoms with E-state index in [1.165, 1.54) is 15.6 Å². The summed E-state index contributed by atoms with van der Waals surface area (Å²) >= 11 is 14.6. The highest BCUT2D eigenvalue weighted by Crippen LogP contribution is 2.38. The first kappa shape index (κ1) is 14.9. The number of fused-ring (bicyclic) bond motifs is 1. The first-order valence-corrected chi connectivity index (χ1v) is 8.49. The van der Waals surface area contributed by atoms with Gasteiger partial charge in [0.15, 0.2) is 0 Å². The van der Waals surface area contributed by atoms with E-state index in [-0.39, 0.29) is 6.04 Å². The van der Waals surface area contributed by atoms with Gasteiger partial charge in [-0.15, -0.1) is 11.3 Å². The second kappa shape index (κ2) is 6.37. The Hall–Kier alpha value is -1.06. The van der Waals surface area contributed by atoms with Crippen LogP contribution in [0.15, 0.2) is 47.8 Å². The highest BCUT2D eigenvalue weighted by Gasteiger charge is 2.21. The molecule has 1 nitrogen and oxygen atoms in total. The third kappa shape index (κ3) is 2.82. The number of benzene rings is 2. The Morgan fingerprint density at radius 2 is 1.76 bits per heavy atom. The molecule has 0 radical (unpaired) electrons. The smallest absolute Gasteiger partial charge is 0.0620 e. The second-order valence-electron chi connectivity index (χ2n) is 4.81. The third-order valence-corrected chi connectivity index (χ3v) is 5.16. The van der Waals surface area contributed by atoms with Crippen LogP contribution in [0.4, 0.5) is 0 Å². The lowest BCUT2D eigenvalue weighted by molar-refractivity contribution is 0.636. The molecule has 0 aliphatic rings. The van der Waals surface area contributed by atoms with Gasteiger partial charge in [0.25, 0.3) is 0 Å². The van der Waals surface area contributed by atoms with Crippen molar-refractivity contribution in [3.63, 3.8) is 0 Å². The van der Waals surface area contributed by atoms with Crippen molar-refractivity contribution in [1.29, 1.82) is 0 Å². The van der Waals surface area contributed by atoms with E-state index in [0.29, 0.717) is 10.0 Å². The van der Waals surface area contributed by atoms with Gasteiger partial charge in [0.1, 0.15) is 0 Å². The van der Waals surface area contributed by atoms with Gasteiger partial charge in [0, 0.05) is 20.3 Å². The van der Waals surface area contributed by atoms with Crippen LogP contribution in [0.5, 0.6) is 0 Å². The van der Waals surface area contributed by atoms with Crippen molar-refractivity contribution >= 4 is 44.6 Å². The first-order chi connectivity index (χ1) is 10.2. The summed E-state index contributed by atoms with van der Waals surface area (Å²) in [5.41, 5.74) is 2.18. The van der Waals surface area contributed by atoms with Crippen LogP contribution in [0.25, 0.3) is 10.1 Å².